The zero-order valence-corrected chi connectivity index (χ0v) is 13.9. The van der Waals surface area contributed by atoms with Gasteiger partial charge >= 0.3 is 0 Å². The lowest BCUT2D eigenvalue weighted by molar-refractivity contribution is 0.414. The van der Waals surface area contributed by atoms with E-state index in [9.17, 15) is 8.42 Å². The molecule has 0 saturated heterocycles. The topological polar surface area (TPSA) is 94.6 Å². The molecule has 1 unspecified atom stereocenters. The largest absolute Gasteiger partial charge is 0.495 e. The number of benzene rings is 1. The summed E-state index contributed by atoms with van der Waals surface area (Å²) in [6, 6.07) is 7.80. The number of sulfonamides is 1. The Morgan fingerprint density at radius 1 is 1.33 bits per heavy atom. The molecule has 1 aromatic carbocycles. The predicted octanol–water partition coefficient (Wildman–Crippen LogP) is 2.87. The Labute approximate surface area is 131 Å². The third-order valence-corrected chi connectivity index (χ3v) is 4.23. The fourth-order valence-corrected chi connectivity index (χ4v) is 2.70. The molecule has 0 fully saturated rings. The van der Waals surface area contributed by atoms with Gasteiger partial charge in [-0.25, -0.2) is 13.6 Å². The third-order valence-electron chi connectivity index (χ3n) is 2.89. The van der Waals surface area contributed by atoms with Gasteiger partial charge in [-0.3, -0.25) is 0 Å². The molecule has 1 atom stereocenters. The van der Waals surface area contributed by atoms with Crippen molar-refractivity contribution in [2.24, 2.45) is 5.14 Å². The second kappa shape index (κ2) is 6.08. The lowest BCUT2D eigenvalue weighted by Gasteiger charge is -2.16. The van der Waals surface area contributed by atoms with E-state index in [2.05, 4.69) is 21.2 Å². The average Bonchev–Trinajstić information content (AvgIpc) is 2.84. The first-order valence-electron chi connectivity index (χ1n) is 6.04. The van der Waals surface area contributed by atoms with Crippen molar-refractivity contribution in [3.8, 4) is 5.75 Å². The predicted molar refractivity (Wildman–Crippen MR) is 82.8 cm³/mol. The van der Waals surface area contributed by atoms with E-state index in [0.29, 0.717) is 21.9 Å². The maximum absolute atomic E-state index is 11.4. The number of ether oxygens (including phenoxy) is 1. The van der Waals surface area contributed by atoms with Crippen LogP contribution in [0.4, 0.5) is 5.69 Å². The number of hydrogen-bond acceptors (Lipinski definition) is 5. The molecular formula is C13H15BrN2O4S. The fraction of sp³-hybridized carbons (Fsp3) is 0.231. The van der Waals surface area contributed by atoms with Crippen LogP contribution in [-0.4, -0.2) is 15.5 Å². The van der Waals surface area contributed by atoms with E-state index >= 15 is 0 Å². The van der Waals surface area contributed by atoms with Crippen LogP contribution in [0.2, 0.25) is 0 Å². The van der Waals surface area contributed by atoms with Gasteiger partial charge < -0.3 is 14.5 Å². The van der Waals surface area contributed by atoms with Crippen LogP contribution in [-0.2, 0) is 10.0 Å². The summed E-state index contributed by atoms with van der Waals surface area (Å²) in [6.07, 6.45) is 0. The zero-order valence-electron chi connectivity index (χ0n) is 11.5. The van der Waals surface area contributed by atoms with Crippen molar-refractivity contribution in [1.82, 2.24) is 0 Å². The Morgan fingerprint density at radius 3 is 2.57 bits per heavy atom. The molecule has 0 amide bonds. The van der Waals surface area contributed by atoms with E-state index in [0.717, 1.165) is 0 Å². The van der Waals surface area contributed by atoms with E-state index < -0.39 is 10.0 Å². The Hall–Kier alpha value is -1.51. The van der Waals surface area contributed by atoms with E-state index in [1.54, 1.807) is 12.1 Å². The summed E-state index contributed by atoms with van der Waals surface area (Å²) in [6.45, 7) is 1.88. The number of nitrogens with one attached hydrogen (secondary N) is 1. The number of methoxy groups -OCH3 is 1. The van der Waals surface area contributed by atoms with Gasteiger partial charge in [0.05, 0.1) is 23.7 Å². The molecule has 0 radical (unpaired) electrons. The molecule has 0 spiro atoms. The zero-order chi connectivity index (χ0) is 15.6. The summed E-state index contributed by atoms with van der Waals surface area (Å²) < 4.78 is 34.2. The first-order chi connectivity index (χ1) is 9.81. The summed E-state index contributed by atoms with van der Waals surface area (Å²) in [5.41, 5.74) is 0.518. The molecule has 6 nitrogen and oxygen atoms in total. The Bertz CT molecular complexity index is 742. The first-order valence-corrected chi connectivity index (χ1v) is 8.38. The lowest BCUT2D eigenvalue weighted by atomic mass is 10.2. The molecule has 8 heteroatoms. The molecule has 21 heavy (non-hydrogen) atoms. The number of anilines is 1. The maximum Gasteiger partial charge on any atom is 0.238 e. The number of nitrogens with two attached hydrogens (primary N) is 1. The number of furan rings is 1. The lowest BCUT2D eigenvalue weighted by Crippen LogP contribution is -2.13. The standard InChI is InChI=1S/C13H15BrN2O4S/c1-8(11-5-6-13(14)20-11)16-10-7-9(21(15,17)18)3-4-12(10)19-2/h3-8,16H,1-2H3,(H2,15,17,18). The summed E-state index contributed by atoms with van der Waals surface area (Å²) >= 11 is 3.24. The van der Waals surface area contributed by atoms with Gasteiger partial charge in [-0.15, -0.1) is 0 Å². The van der Waals surface area contributed by atoms with Crippen LogP contribution in [0, 0.1) is 0 Å². The second-order valence-electron chi connectivity index (χ2n) is 4.42. The van der Waals surface area contributed by atoms with Crippen LogP contribution < -0.4 is 15.2 Å². The van der Waals surface area contributed by atoms with Gasteiger partial charge in [-0.2, -0.15) is 0 Å². The minimum Gasteiger partial charge on any atom is -0.495 e. The molecule has 114 valence electrons. The van der Waals surface area contributed by atoms with Gasteiger partial charge in [0, 0.05) is 0 Å². The van der Waals surface area contributed by atoms with E-state index in [1.807, 2.05) is 13.0 Å². The van der Waals surface area contributed by atoms with E-state index in [4.69, 9.17) is 14.3 Å². The monoisotopic (exact) mass is 374 g/mol. The van der Waals surface area contributed by atoms with Crippen LogP contribution in [0.1, 0.15) is 18.7 Å². The van der Waals surface area contributed by atoms with Crippen LogP contribution in [0.25, 0.3) is 0 Å². The van der Waals surface area contributed by atoms with Crippen LogP contribution in [0.5, 0.6) is 5.75 Å². The Balaban J connectivity index is 2.33. The van der Waals surface area contributed by atoms with Crippen molar-refractivity contribution in [3.05, 3.63) is 40.8 Å². The molecule has 3 N–H and O–H groups in total. The molecular weight excluding hydrogens is 360 g/mol. The second-order valence-corrected chi connectivity index (χ2v) is 6.76. The molecule has 0 aliphatic carbocycles. The van der Waals surface area contributed by atoms with Gasteiger partial charge in [0.15, 0.2) is 4.67 Å². The van der Waals surface area contributed by atoms with E-state index in [-0.39, 0.29) is 10.9 Å². The number of halogens is 1. The van der Waals surface area contributed by atoms with Crippen LogP contribution in [0.3, 0.4) is 0 Å². The smallest absolute Gasteiger partial charge is 0.238 e. The summed E-state index contributed by atoms with van der Waals surface area (Å²) in [5.74, 6) is 1.21. The normalized spacial score (nSPS) is 13.0. The number of rotatable bonds is 5. The molecule has 0 aliphatic heterocycles. The summed E-state index contributed by atoms with van der Waals surface area (Å²) in [7, 11) is -2.27. The van der Waals surface area contributed by atoms with Gasteiger partial charge in [-0.05, 0) is 53.2 Å². The van der Waals surface area contributed by atoms with E-state index in [1.165, 1.54) is 19.2 Å². The van der Waals surface area contributed by atoms with Crippen molar-refractivity contribution < 1.29 is 17.6 Å². The van der Waals surface area contributed by atoms with Crippen molar-refractivity contribution in [1.29, 1.82) is 0 Å². The van der Waals surface area contributed by atoms with Crippen LogP contribution in [0.15, 0.2) is 44.3 Å². The molecule has 2 aromatic rings. The van der Waals surface area contributed by atoms with Crippen molar-refractivity contribution in [2.75, 3.05) is 12.4 Å². The van der Waals surface area contributed by atoms with Gasteiger partial charge in [0.2, 0.25) is 10.0 Å². The third kappa shape index (κ3) is 3.78. The van der Waals surface area contributed by atoms with Crippen molar-refractivity contribution in [3.63, 3.8) is 0 Å². The molecule has 1 aromatic heterocycles. The van der Waals surface area contributed by atoms with Crippen molar-refractivity contribution in [2.45, 2.75) is 17.9 Å². The molecule has 0 bridgehead atoms. The highest BCUT2D eigenvalue weighted by Crippen LogP contribution is 2.31. The minimum absolute atomic E-state index is 0.0126. The molecule has 2 rings (SSSR count). The highest BCUT2D eigenvalue weighted by molar-refractivity contribution is 9.10. The van der Waals surface area contributed by atoms with Gasteiger partial charge in [-0.1, -0.05) is 0 Å². The maximum atomic E-state index is 11.4. The molecule has 0 aliphatic rings. The first kappa shape index (κ1) is 15.9. The molecule has 0 saturated carbocycles. The SMILES string of the molecule is COc1ccc(S(N)(=O)=O)cc1NC(C)c1ccc(Br)o1. The molecule has 1 heterocycles. The number of primary sulfonamides is 1. The van der Waals surface area contributed by atoms with Crippen molar-refractivity contribution >= 4 is 31.6 Å². The fourth-order valence-electron chi connectivity index (χ4n) is 1.84. The highest BCUT2D eigenvalue weighted by Gasteiger charge is 2.16. The highest BCUT2D eigenvalue weighted by atomic mass is 79.9. The average molecular weight is 375 g/mol. The van der Waals surface area contributed by atoms with Gasteiger partial charge in [0.25, 0.3) is 0 Å². The number of hydrogen-bond donors (Lipinski definition) is 2. The van der Waals surface area contributed by atoms with Crippen LogP contribution >= 0.6 is 15.9 Å². The Kier molecular flexibility index (Phi) is 4.60. The van der Waals surface area contributed by atoms with Gasteiger partial charge in [0.1, 0.15) is 11.5 Å². The summed E-state index contributed by atoms with van der Waals surface area (Å²) in [4.78, 5) is 0.0126. The quantitative estimate of drug-likeness (QED) is 0.838. The Morgan fingerprint density at radius 2 is 2.05 bits per heavy atom. The minimum atomic E-state index is -3.77. The summed E-state index contributed by atoms with van der Waals surface area (Å²) in [5, 5.41) is 8.29.